The van der Waals surface area contributed by atoms with Gasteiger partial charge in [0.25, 0.3) is 0 Å². The number of rotatable bonds is 4. The molecule has 2 aliphatic heterocycles. The molecular formula is C10H18N2O4S. The molecule has 7 heteroatoms. The maximum Gasteiger partial charge on any atom is 0.304 e. The van der Waals surface area contributed by atoms with E-state index in [1.54, 1.807) is 0 Å². The number of sulfonamides is 1. The van der Waals surface area contributed by atoms with Gasteiger partial charge in [-0.05, 0) is 25.3 Å². The largest absolute Gasteiger partial charge is 0.481 e. The molecule has 98 valence electrons. The van der Waals surface area contributed by atoms with E-state index >= 15 is 0 Å². The first-order valence-corrected chi connectivity index (χ1v) is 7.53. The first kappa shape index (κ1) is 12.8. The van der Waals surface area contributed by atoms with Crippen molar-refractivity contribution in [2.45, 2.75) is 25.3 Å². The molecule has 0 radical (unpaired) electrons. The molecule has 0 amide bonds. The number of nitrogens with one attached hydrogen (secondary N) is 1. The van der Waals surface area contributed by atoms with Crippen LogP contribution in [0.5, 0.6) is 0 Å². The fourth-order valence-electron chi connectivity index (χ4n) is 2.58. The summed E-state index contributed by atoms with van der Waals surface area (Å²) in [5.74, 6) is -0.964. The molecule has 2 heterocycles. The fourth-order valence-corrected chi connectivity index (χ4v) is 4.08. The van der Waals surface area contributed by atoms with Crippen LogP contribution in [-0.4, -0.2) is 55.2 Å². The summed E-state index contributed by atoms with van der Waals surface area (Å²) in [4.78, 5) is 10.4. The fraction of sp³-hybridized carbons (Fsp3) is 0.900. The third-order valence-corrected chi connectivity index (χ3v) is 5.34. The van der Waals surface area contributed by atoms with Crippen LogP contribution in [0.1, 0.15) is 19.3 Å². The molecule has 0 aromatic rings. The van der Waals surface area contributed by atoms with Gasteiger partial charge in [-0.15, -0.1) is 0 Å². The van der Waals surface area contributed by atoms with Crippen LogP contribution in [0.2, 0.25) is 0 Å². The summed E-state index contributed by atoms with van der Waals surface area (Å²) in [5.41, 5.74) is 0. The predicted molar refractivity (Wildman–Crippen MR) is 62.1 cm³/mol. The minimum atomic E-state index is -3.40. The Morgan fingerprint density at radius 2 is 2.18 bits per heavy atom. The summed E-state index contributed by atoms with van der Waals surface area (Å²) >= 11 is 0. The van der Waals surface area contributed by atoms with Crippen LogP contribution in [0.4, 0.5) is 0 Å². The molecule has 0 aromatic carbocycles. The van der Waals surface area contributed by atoms with E-state index in [0.29, 0.717) is 19.0 Å². The van der Waals surface area contributed by atoms with Crippen molar-refractivity contribution < 1.29 is 18.3 Å². The van der Waals surface area contributed by atoms with Gasteiger partial charge in [-0.2, -0.15) is 0 Å². The first-order valence-electron chi connectivity index (χ1n) is 5.92. The Labute approximate surface area is 101 Å². The van der Waals surface area contributed by atoms with Crippen molar-refractivity contribution >= 4 is 16.0 Å². The molecule has 17 heavy (non-hydrogen) atoms. The number of carboxylic acid groups (broad SMARTS) is 1. The normalized spacial score (nSPS) is 30.1. The molecule has 0 saturated carbocycles. The van der Waals surface area contributed by atoms with E-state index < -0.39 is 16.0 Å². The van der Waals surface area contributed by atoms with E-state index in [0.717, 1.165) is 19.4 Å². The summed E-state index contributed by atoms with van der Waals surface area (Å²) in [6.45, 7) is 1.98. The van der Waals surface area contributed by atoms with Gasteiger partial charge in [0.1, 0.15) is 0 Å². The molecule has 0 aliphatic carbocycles. The quantitative estimate of drug-likeness (QED) is 0.711. The molecule has 2 fully saturated rings. The average Bonchev–Trinajstić information content (AvgIpc) is 2.71. The minimum Gasteiger partial charge on any atom is -0.481 e. The monoisotopic (exact) mass is 262 g/mol. The van der Waals surface area contributed by atoms with Gasteiger partial charge in [0, 0.05) is 19.1 Å². The Morgan fingerprint density at radius 3 is 2.82 bits per heavy atom. The zero-order valence-electron chi connectivity index (χ0n) is 9.63. The number of hydrogen-bond donors (Lipinski definition) is 2. The van der Waals surface area contributed by atoms with Gasteiger partial charge in [-0.25, -0.2) is 12.7 Å². The highest BCUT2D eigenvalue weighted by molar-refractivity contribution is 7.89. The predicted octanol–water partition coefficient (Wildman–Crippen LogP) is -0.525. The number of aliphatic carboxylic acids is 1. The van der Waals surface area contributed by atoms with E-state index in [2.05, 4.69) is 5.32 Å². The van der Waals surface area contributed by atoms with Crippen molar-refractivity contribution in [1.82, 2.24) is 9.62 Å². The van der Waals surface area contributed by atoms with E-state index in [1.165, 1.54) is 4.31 Å². The Morgan fingerprint density at radius 1 is 1.41 bits per heavy atom. The molecular weight excluding hydrogens is 244 g/mol. The van der Waals surface area contributed by atoms with Crippen molar-refractivity contribution in [3.63, 3.8) is 0 Å². The topological polar surface area (TPSA) is 86.7 Å². The summed E-state index contributed by atoms with van der Waals surface area (Å²) in [5, 5.41) is 11.9. The second kappa shape index (κ2) is 4.91. The van der Waals surface area contributed by atoms with E-state index in [-0.39, 0.29) is 18.2 Å². The number of fused-ring (bicyclic) bond motifs is 1. The molecule has 2 atom stereocenters. The number of piperidine rings is 1. The maximum absolute atomic E-state index is 11.9. The van der Waals surface area contributed by atoms with Crippen LogP contribution >= 0.6 is 0 Å². The van der Waals surface area contributed by atoms with Crippen LogP contribution < -0.4 is 5.32 Å². The Kier molecular flexibility index (Phi) is 3.70. The highest BCUT2D eigenvalue weighted by Gasteiger charge is 2.39. The van der Waals surface area contributed by atoms with Crippen LogP contribution in [-0.2, 0) is 14.8 Å². The Bertz CT molecular complexity index is 381. The van der Waals surface area contributed by atoms with Gasteiger partial charge in [-0.3, -0.25) is 4.79 Å². The highest BCUT2D eigenvalue weighted by Crippen LogP contribution is 2.26. The van der Waals surface area contributed by atoms with Crippen molar-refractivity contribution in [1.29, 1.82) is 0 Å². The SMILES string of the molecule is O=C(O)CCS(=O)(=O)N1C[C@@H]2CCCN[C@@H]2C1. The summed E-state index contributed by atoms with van der Waals surface area (Å²) in [6.07, 6.45) is 1.83. The van der Waals surface area contributed by atoms with Crippen molar-refractivity contribution in [2.24, 2.45) is 5.92 Å². The maximum atomic E-state index is 11.9. The second-order valence-electron chi connectivity index (χ2n) is 4.74. The van der Waals surface area contributed by atoms with Crippen LogP contribution in [0.25, 0.3) is 0 Å². The lowest BCUT2D eigenvalue weighted by atomic mass is 9.94. The molecule has 2 N–H and O–H groups in total. The number of hydrogen-bond acceptors (Lipinski definition) is 4. The van der Waals surface area contributed by atoms with Crippen molar-refractivity contribution in [2.75, 3.05) is 25.4 Å². The molecule has 0 spiro atoms. The van der Waals surface area contributed by atoms with Crippen LogP contribution in [0.15, 0.2) is 0 Å². The number of nitrogens with zero attached hydrogens (tertiary/aromatic N) is 1. The van der Waals surface area contributed by atoms with E-state index in [9.17, 15) is 13.2 Å². The first-order chi connectivity index (χ1) is 7.99. The van der Waals surface area contributed by atoms with Crippen LogP contribution in [0, 0.1) is 5.92 Å². The third-order valence-electron chi connectivity index (χ3n) is 3.53. The minimum absolute atomic E-state index is 0.253. The van der Waals surface area contributed by atoms with Gasteiger partial charge in [0.15, 0.2) is 0 Å². The third kappa shape index (κ3) is 2.97. The van der Waals surface area contributed by atoms with Gasteiger partial charge < -0.3 is 10.4 Å². The summed E-state index contributed by atoms with van der Waals surface area (Å²) in [6, 6.07) is 0.253. The summed E-state index contributed by atoms with van der Waals surface area (Å²) < 4.78 is 25.3. The Balaban J connectivity index is 1.96. The van der Waals surface area contributed by atoms with Crippen molar-refractivity contribution in [3.05, 3.63) is 0 Å². The average molecular weight is 262 g/mol. The van der Waals surface area contributed by atoms with Gasteiger partial charge in [0.2, 0.25) is 10.0 Å². The molecule has 0 bridgehead atoms. The zero-order valence-corrected chi connectivity index (χ0v) is 10.4. The molecule has 0 aromatic heterocycles. The molecule has 2 rings (SSSR count). The molecule has 0 unspecified atom stereocenters. The molecule has 2 aliphatic rings. The molecule has 6 nitrogen and oxygen atoms in total. The van der Waals surface area contributed by atoms with Gasteiger partial charge in [-0.1, -0.05) is 0 Å². The highest BCUT2D eigenvalue weighted by atomic mass is 32.2. The van der Waals surface area contributed by atoms with E-state index in [4.69, 9.17) is 5.11 Å². The number of carbonyl (C=O) groups is 1. The molecule has 2 saturated heterocycles. The lowest BCUT2D eigenvalue weighted by molar-refractivity contribution is -0.136. The number of carboxylic acids is 1. The summed E-state index contributed by atoms with van der Waals surface area (Å²) in [7, 11) is -3.40. The van der Waals surface area contributed by atoms with Gasteiger partial charge >= 0.3 is 5.97 Å². The van der Waals surface area contributed by atoms with Crippen molar-refractivity contribution in [3.8, 4) is 0 Å². The van der Waals surface area contributed by atoms with E-state index in [1.807, 2.05) is 0 Å². The standard InChI is InChI=1S/C10H18N2O4S/c13-10(14)3-5-17(15,16)12-6-8-2-1-4-11-9(8)7-12/h8-9,11H,1-7H2,(H,13,14)/t8-,9+/m0/s1. The smallest absolute Gasteiger partial charge is 0.304 e. The lowest BCUT2D eigenvalue weighted by Crippen LogP contribution is -2.41. The Hall–Kier alpha value is -0.660. The lowest BCUT2D eigenvalue weighted by Gasteiger charge is -2.24. The second-order valence-corrected chi connectivity index (χ2v) is 6.83. The van der Waals surface area contributed by atoms with Gasteiger partial charge in [0.05, 0.1) is 12.2 Å². The van der Waals surface area contributed by atoms with Crippen LogP contribution in [0.3, 0.4) is 0 Å². The zero-order chi connectivity index (χ0) is 12.5.